The van der Waals surface area contributed by atoms with Gasteiger partial charge in [-0.3, -0.25) is 4.90 Å². The van der Waals surface area contributed by atoms with Crippen LogP contribution in [0.3, 0.4) is 0 Å². The first-order chi connectivity index (χ1) is 15.4. The number of nitrogens with zero attached hydrogens (tertiary/aromatic N) is 5. The number of benzene rings is 2. The van der Waals surface area contributed by atoms with Crippen molar-refractivity contribution in [2.24, 2.45) is 7.05 Å². The standard InChI is InChI=1S/C23H20F2N6O/c1-29-12-18(20-21(26)27-13-28-22(20)29)14-2-5-17(6-3-14)31-9-8-30(23(31)32)11-15-10-16(24)4-7-19(15)25/h2-7,10,12-13H,8-9,11H2,1H3,(H2,26,27,28). The van der Waals surface area contributed by atoms with Crippen molar-refractivity contribution < 1.29 is 13.6 Å². The van der Waals surface area contributed by atoms with Crippen LogP contribution >= 0.6 is 0 Å². The summed E-state index contributed by atoms with van der Waals surface area (Å²) >= 11 is 0. The first kappa shape index (κ1) is 19.9. The molecule has 0 atom stereocenters. The summed E-state index contributed by atoms with van der Waals surface area (Å²) in [6.07, 6.45) is 3.38. The van der Waals surface area contributed by atoms with E-state index in [0.717, 1.165) is 46.0 Å². The fourth-order valence-electron chi connectivity index (χ4n) is 4.11. The smallest absolute Gasteiger partial charge is 0.324 e. The SMILES string of the molecule is Cn1cc(-c2ccc(N3CCN(Cc4cc(F)ccc4F)C3=O)cc2)c2c(N)ncnc21. The monoisotopic (exact) mass is 434 g/mol. The first-order valence-electron chi connectivity index (χ1n) is 10.1. The molecule has 162 valence electrons. The Balaban J connectivity index is 1.38. The number of carbonyl (C=O) groups excluding carboxylic acids is 1. The van der Waals surface area contributed by atoms with Gasteiger partial charge in [0.05, 0.1) is 11.9 Å². The third-order valence-corrected chi connectivity index (χ3v) is 5.74. The number of hydrogen-bond acceptors (Lipinski definition) is 4. The molecule has 0 unspecified atom stereocenters. The minimum Gasteiger partial charge on any atom is -0.383 e. The molecule has 1 fully saturated rings. The number of aromatic nitrogens is 3. The van der Waals surface area contributed by atoms with E-state index in [2.05, 4.69) is 9.97 Å². The maximum absolute atomic E-state index is 14.0. The van der Waals surface area contributed by atoms with Gasteiger partial charge in [-0.2, -0.15) is 0 Å². The Bertz CT molecular complexity index is 1330. The van der Waals surface area contributed by atoms with Gasteiger partial charge in [0.25, 0.3) is 0 Å². The molecule has 32 heavy (non-hydrogen) atoms. The van der Waals surface area contributed by atoms with Crippen LogP contribution in [0.1, 0.15) is 5.56 Å². The zero-order valence-corrected chi connectivity index (χ0v) is 17.3. The quantitative estimate of drug-likeness (QED) is 0.528. The van der Waals surface area contributed by atoms with Crippen LogP contribution < -0.4 is 10.6 Å². The Morgan fingerprint density at radius 1 is 1.06 bits per heavy atom. The van der Waals surface area contributed by atoms with E-state index in [1.807, 2.05) is 42.1 Å². The largest absolute Gasteiger partial charge is 0.383 e. The highest BCUT2D eigenvalue weighted by atomic mass is 19.1. The van der Waals surface area contributed by atoms with Gasteiger partial charge in [-0.25, -0.2) is 23.5 Å². The number of anilines is 2. The van der Waals surface area contributed by atoms with Crippen LogP contribution in [0.15, 0.2) is 55.0 Å². The summed E-state index contributed by atoms with van der Waals surface area (Å²) < 4.78 is 29.3. The third kappa shape index (κ3) is 3.31. The van der Waals surface area contributed by atoms with Gasteiger partial charge in [-0.1, -0.05) is 12.1 Å². The van der Waals surface area contributed by atoms with Crippen molar-refractivity contribution in [3.63, 3.8) is 0 Å². The van der Waals surface area contributed by atoms with Gasteiger partial charge in [0.1, 0.15) is 29.4 Å². The number of fused-ring (bicyclic) bond motifs is 1. The van der Waals surface area contributed by atoms with Gasteiger partial charge in [0.15, 0.2) is 0 Å². The lowest BCUT2D eigenvalue weighted by atomic mass is 10.1. The van der Waals surface area contributed by atoms with E-state index in [1.54, 1.807) is 4.90 Å². The van der Waals surface area contributed by atoms with Crippen molar-refractivity contribution in [1.29, 1.82) is 0 Å². The summed E-state index contributed by atoms with van der Waals surface area (Å²) in [5, 5.41) is 0.781. The third-order valence-electron chi connectivity index (χ3n) is 5.74. The van der Waals surface area contributed by atoms with Gasteiger partial charge in [0.2, 0.25) is 0 Å². The van der Waals surface area contributed by atoms with Crippen molar-refractivity contribution in [3.8, 4) is 11.1 Å². The highest BCUT2D eigenvalue weighted by Crippen LogP contribution is 2.33. The number of rotatable bonds is 4. The number of nitrogens with two attached hydrogens (primary N) is 1. The molecule has 0 spiro atoms. The molecule has 2 amide bonds. The molecule has 4 aromatic rings. The predicted molar refractivity (Wildman–Crippen MR) is 118 cm³/mol. The number of aryl methyl sites for hydroxylation is 1. The van der Waals surface area contributed by atoms with Crippen LogP contribution in [0.25, 0.3) is 22.2 Å². The zero-order valence-electron chi connectivity index (χ0n) is 17.3. The summed E-state index contributed by atoms with van der Waals surface area (Å²) in [5.74, 6) is -0.648. The molecule has 3 heterocycles. The summed E-state index contributed by atoms with van der Waals surface area (Å²) in [6, 6.07) is 10.6. The van der Waals surface area contributed by atoms with Crippen molar-refractivity contribution in [3.05, 3.63) is 72.2 Å². The number of carbonyl (C=O) groups is 1. The Morgan fingerprint density at radius 2 is 1.84 bits per heavy atom. The number of halogens is 2. The molecule has 0 saturated carbocycles. The molecule has 9 heteroatoms. The maximum atomic E-state index is 14.0. The maximum Gasteiger partial charge on any atom is 0.324 e. The number of nitrogen functional groups attached to an aromatic ring is 1. The molecule has 1 saturated heterocycles. The van der Waals surface area contributed by atoms with Gasteiger partial charge < -0.3 is 15.2 Å². The normalized spacial score (nSPS) is 14.0. The van der Waals surface area contributed by atoms with E-state index < -0.39 is 11.6 Å². The van der Waals surface area contributed by atoms with Crippen LogP contribution in [0.2, 0.25) is 0 Å². The number of urea groups is 1. The van der Waals surface area contributed by atoms with Crippen molar-refractivity contribution in [2.45, 2.75) is 6.54 Å². The molecule has 0 radical (unpaired) electrons. The first-order valence-corrected chi connectivity index (χ1v) is 10.1. The van der Waals surface area contributed by atoms with E-state index in [-0.39, 0.29) is 18.1 Å². The fourth-order valence-corrected chi connectivity index (χ4v) is 4.11. The van der Waals surface area contributed by atoms with Crippen LogP contribution in [-0.4, -0.2) is 38.6 Å². The van der Waals surface area contributed by atoms with Crippen molar-refractivity contribution >= 4 is 28.6 Å². The van der Waals surface area contributed by atoms with Crippen LogP contribution in [0.4, 0.5) is 25.1 Å². The van der Waals surface area contributed by atoms with Gasteiger partial charge >= 0.3 is 6.03 Å². The molecule has 2 N–H and O–H groups in total. The molecular formula is C23H20F2N6O. The van der Waals surface area contributed by atoms with E-state index in [0.29, 0.717) is 18.9 Å². The van der Waals surface area contributed by atoms with E-state index in [4.69, 9.17) is 5.73 Å². The Kier molecular flexibility index (Phi) is 4.73. The van der Waals surface area contributed by atoms with Gasteiger partial charge in [-0.05, 0) is 35.9 Å². The molecule has 1 aliphatic rings. The Labute approximate surface area is 182 Å². The second-order valence-electron chi connectivity index (χ2n) is 7.75. The summed E-state index contributed by atoms with van der Waals surface area (Å²) in [7, 11) is 1.89. The highest BCUT2D eigenvalue weighted by Gasteiger charge is 2.30. The molecule has 2 aromatic carbocycles. The van der Waals surface area contributed by atoms with E-state index >= 15 is 0 Å². The van der Waals surface area contributed by atoms with Gasteiger partial charge in [0, 0.05) is 43.1 Å². The number of hydrogen-bond donors (Lipinski definition) is 1. The molecule has 0 aliphatic carbocycles. The van der Waals surface area contributed by atoms with E-state index in [1.165, 1.54) is 11.2 Å². The number of amides is 2. The second kappa shape index (κ2) is 7.60. The van der Waals surface area contributed by atoms with Crippen LogP contribution in [0, 0.1) is 11.6 Å². The minimum absolute atomic E-state index is 0.0201. The average molecular weight is 434 g/mol. The molecule has 1 aliphatic heterocycles. The highest BCUT2D eigenvalue weighted by molar-refractivity contribution is 6.01. The van der Waals surface area contributed by atoms with E-state index in [9.17, 15) is 13.6 Å². The second-order valence-corrected chi connectivity index (χ2v) is 7.75. The Hall–Kier alpha value is -4.01. The molecule has 2 aromatic heterocycles. The van der Waals surface area contributed by atoms with Crippen molar-refractivity contribution in [1.82, 2.24) is 19.4 Å². The molecule has 0 bridgehead atoms. The molecule has 7 nitrogen and oxygen atoms in total. The lowest BCUT2D eigenvalue weighted by Gasteiger charge is -2.19. The summed E-state index contributed by atoms with van der Waals surface area (Å²) in [5.41, 5.74) is 9.54. The minimum atomic E-state index is -0.528. The molecule has 5 rings (SSSR count). The topological polar surface area (TPSA) is 80.3 Å². The zero-order chi connectivity index (χ0) is 22.4. The predicted octanol–water partition coefficient (Wildman–Crippen LogP) is 3.94. The van der Waals surface area contributed by atoms with Crippen LogP contribution in [0.5, 0.6) is 0 Å². The van der Waals surface area contributed by atoms with Crippen LogP contribution in [-0.2, 0) is 13.6 Å². The molecular weight excluding hydrogens is 414 g/mol. The fraction of sp³-hybridized carbons (Fsp3) is 0.174. The average Bonchev–Trinajstić information content (AvgIpc) is 3.32. The van der Waals surface area contributed by atoms with Crippen molar-refractivity contribution in [2.75, 3.05) is 23.7 Å². The summed E-state index contributed by atoms with van der Waals surface area (Å²) in [6.45, 7) is 0.907. The summed E-state index contributed by atoms with van der Waals surface area (Å²) in [4.78, 5) is 24.4. The lowest BCUT2D eigenvalue weighted by molar-refractivity contribution is 0.218. The van der Waals surface area contributed by atoms with Gasteiger partial charge in [-0.15, -0.1) is 0 Å². The Morgan fingerprint density at radius 3 is 2.62 bits per heavy atom. The lowest BCUT2D eigenvalue weighted by Crippen LogP contribution is -2.31.